The van der Waals surface area contributed by atoms with Crippen molar-refractivity contribution in [1.82, 2.24) is 10.7 Å². The summed E-state index contributed by atoms with van der Waals surface area (Å²) in [6, 6.07) is 11.9. The molecule has 2 N–H and O–H groups in total. The third-order valence-electron chi connectivity index (χ3n) is 4.09. The van der Waals surface area contributed by atoms with Crippen molar-refractivity contribution in [3.05, 3.63) is 76.5 Å². The molecular weight excluding hydrogens is 379 g/mol. The molecule has 0 fully saturated rings. The smallest absolute Gasteiger partial charge is 0.347 e. The molecule has 1 unspecified atom stereocenters. The molecule has 2 aromatic rings. The molecule has 0 bridgehead atoms. The number of nitrogens with one attached hydrogen (secondary N) is 2. The second kappa shape index (κ2) is 7.62. The normalized spacial score (nSPS) is 17.0. The zero-order valence-electron chi connectivity index (χ0n) is 14.3. The van der Waals surface area contributed by atoms with E-state index in [9.17, 15) is 18.0 Å². The lowest BCUT2D eigenvalue weighted by Gasteiger charge is -2.25. The van der Waals surface area contributed by atoms with Crippen LogP contribution in [-0.2, 0) is 11.3 Å². The quantitative estimate of drug-likeness (QED) is 0.819. The van der Waals surface area contributed by atoms with E-state index in [-0.39, 0.29) is 23.0 Å². The highest BCUT2D eigenvalue weighted by molar-refractivity contribution is 6.33. The van der Waals surface area contributed by atoms with Crippen molar-refractivity contribution >= 4 is 23.2 Å². The lowest BCUT2D eigenvalue weighted by Crippen LogP contribution is -2.46. The average Bonchev–Trinajstić information content (AvgIpc) is 3.07. The summed E-state index contributed by atoms with van der Waals surface area (Å²) in [4.78, 5) is 12.6. The van der Waals surface area contributed by atoms with Crippen molar-refractivity contribution in [1.29, 1.82) is 0 Å². The van der Waals surface area contributed by atoms with Gasteiger partial charge in [0.15, 0.2) is 0 Å². The lowest BCUT2D eigenvalue weighted by molar-refractivity contribution is -0.142. The van der Waals surface area contributed by atoms with Gasteiger partial charge in [-0.1, -0.05) is 53.6 Å². The Bertz CT molecular complexity index is 865. The van der Waals surface area contributed by atoms with Gasteiger partial charge in [0.05, 0.1) is 10.7 Å². The van der Waals surface area contributed by atoms with Gasteiger partial charge in [0.1, 0.15) is 11.7 Å². The minimum Gasteiger partial charge on any atom is -0.347 e. The van der Waals surface area contributed by atoms with Crippen LogP contribution in [0.25, 0.3) is 0 Å². The first-order chi connectivity index (χ1) is 12.8. The molecule has 4 nitrogen and oxygen atoms in total. The third-order valence-corrected chi connectivity index (χ3v) is 4.41. The molecular formula is C19H17ClF3N3O. The summed E-state index contributed by atoms with van der Waals surface area (Å²) in [6.07, 6.45) is -3.69. The SMILES string of the molecule is Cc1ccc(CNC(=O)C2=CC(C(F)(F)F)NN2c2ccccc2Cl)cc1. The highest BCUT2D eigenvalue weighted by atomic mass is 35.5. The van der Waals surface area contributed by atoms with Crippen LogP contribution in [0.2, 0.25) is 5.02 Å². The number of carbonyl (C=O) groups is 1. The lowest BCUT2D eigenvalue weighted by atomic mass is 10.1. The molecule has 3 rings (SSSR count). The van der Waals surface area contributed by atoms with Crippen molar-refractivity contribution in [2.45, 2.75) is 25.7 Å². The Morgan fingerprint density at radius 1 is 1.19 bits per heavy atom. The molecule has 142 valence electrons. The van der Waals surface area contributed by atoms with E-state index < -0.39 is 18.1 Å². The van der Waals surface area contributed by atoms with E-state index in [2.05, 4.69) is 10.7 Å². The molecule has 1 heterocycles. The van der Waals surface area contributed by atoms with Gasteiger partial charge < -0.3 is 5.32 Å². The van der Waals surface area contributed by atoms with Gasteiger partial charge >= 0.3 is 6.18 Å². The zero-order valence-corrected chi connectivity index (χ0v) is 15.1. The Kier molecular flexibility index (Phi) is 5.43. The summed E-state index contributed by atoms with van der Waals surface area (Å²) in [7, 11) is 0. The molecule has 0 saturated carbocycles. The summed E-state index contributed by atoms with van der Waals surface area (Å²) in [6.45, 7) is 2.14. The van der Waals surface area contributed by atoms with Gasteiger partial charge in [-0.2, -0.15) is 13.2 Å². The average molecular weight is 396 g/mol. The maximum absolute atomic E-state index is 13.2. The molecule has 0 aliphatic carbocycles. The van der Waals surface area contributed by atoms with E-state index in [4.69, 9.17) is 11.6 Å². The Balaban J connectivity index is 1.82. The molecule has 8 heteroatoms. The molecule has 1 amide bonds. The molecule has 1 aliphatic heterocycles. The van der Waals surface area contributed by atoms with Crippen LogP contribution in [-0.4, -0.2) is 18.1 Å². The van der Waals surface area contributed by atoms with Crippen LogP contribution < -0.4 is 15.8 Å². The van der Waals surface area contributed by atoms with Crippen LogP contribution in [0.1, 0.15) is 11.1 Å². The van der Waals surface area contributed by atoms with Crippen molar-refractivity contribution in [2.75, 3.05) is 5.01 Å². The minimum absolute atomic E-state index is 0.155. The molecule has 1 aliphatic rings. The molecule has 0 spiro atoms. The van der Waals surface area contributed by atoms with Crippen LogP contribution in [0.5, 0.6) is 0 Å². The van der Waals surface area contributed by atoms with Crippen LogP contribution >= 0.6 is 11.6 Å². The van der Waals surface area contributed by atoms with E-state index in [0.717, 1.165) is 22.2 Å². The van der Waals surface area contributed by atoms with E-state index in [1.54, 1.807) is 18.2 Å². The largest absolute Gasteiger partial charge is 0.409 e. The van der Waals surface area contributed by atoms with Crippen LogP contribution in [0.4, 0.5) is 18.9 Å². The van der Waals surface area contributed by atoms with Gasteiger partial charge in [0.2, 0.25) is 0 Å². The Hall–Kier alpha value is -2.51. The number of hydrogen-bond donors (Lipinski definition) is 2. The predicted molar refractivity (Wildman–Crippen MR) is 98.0 cm³/mol. The number of amides is 1. The maximum atomic E-state index is 13.2. The monoisotopic (exact) mass is 395 g/mol. The summed E-state index contributed by atoms with van der Waals surface area (Å²) in [5, 5.41) is 3.95. The van der Waals surface area contributed by atoms with Gasteiger partial charge in [-0.25, -0.2) is 5.43 Å². The number of nitrogens with zero attached hydrogens (tertiary/aromatic N) is 1. The number of rotatable bonds is 4. The number of aryl methyl sites for hydroxylation is 1. The van der Waals surface area contributed by atoms with Crippen molar-refractivity contribution < 1.29 is 18.0 Å². The summed E-state index contributed by atoms with van der Waals surface area (Å²) < 4.78 is 39.5. The van der Waals surface area contributed by atoms with Gasteiger partial charge in [-0.3, -0.25) is 9.80 Å². The maximum Gasteiger partial charge on any atom is 0.409 e. The van der Waals surface area contributed by atoms with Gasteiger partial charge in [-0.15, -0.1) is 0 Å². The van der Waals surface area contributed by atoms with Gasteiger partial charge in [-0.05, 0) is 30.7 Å². The number of carbonyl (C=O) groups excluding carboxylic acids is 1. The zero-order chi connectivity index (χ0) is 19.6. The standard InChI is InChI=1S/C19H17ClF3N3O/c1-12-6-8-13(9-7-12)11-24-18(27)16-10-17(19(21,22)23)25-26(16)15-5-3-2-4-14(15)20/h2-10,17,25H,11H2,1H3,(H,24,27). The number of para-hydroxylation sites is 1. The molecule has 0 saturated heterocycles. The van der Waals surface area contributed by atoms with Crippen molar-refractivity contribution in [2.24, 2.45) is 0 Å². The minimum atomic E-state index is -4.54. The molecule has 0 aromatic heterocycles. The van der Waals surface area contributed by atoms with Crippen LogP contribution in [0.15, 0.2) is 60.3 Å². The first-order valence-corrected chi connectivity index (χ1v) is 8.56. The summed E-state index contributed by atoms with van der Waals surface area (Å²) in [5.74, 6) is -0.630. The number of hydrazine groups is 1. The van der Waals surface area contributed by atoms with E-state index in [1.807, 2.05) is 31.2 Å². The third kappa shape index (κ3) is 4.43. The van der Waals surface area contributed by atoms with E-state index in [0.29, 0.717) is 0 Å². The number of hydrogen-bond acceptors (Lipinski definition) is 3. The molecule has 0 radical (unpaired) electrons. The number of anilines is 1. The Labute approximate surface area is 159 Å². The number of benzene rings is 2. The second-order valence-electron chi connectivity index (χ2n) is 6.16. The van der Waals surface area contributed by atoms with E-state index >= 15 is 0 Å². The Morgan fingerprint density at radius 3 is 2.48 bits per heavy atom. The highest BCUT2D eigenvalue weighted by Crippen LogP contribution is 2.33. The fraction of sp³-hybridized carbons (Fsp3) is 0.211. The first kappa shape index (κ1) is 19.3. The van der Waals surface area contributed by atoms with E-state index in [1.165, 1.54) is 6.07 Å². The van der Waals surface area contributed by atoms with Crippen LogP contribution in [0.3, 0.4) is 0 Å². The molecule has 1 atom stereocenters. The fourth-order valence-corrected chi connectivity index (χ4v) is 2.85. The van der Waals surface area contributed by atoms with Crippen LogP contribution in [0, 0.1) is 6.92 Å². The summed E-state index contributed by atoms with van der Waals surface area (Å²) >= 11 is 6.10. The Morgan fingerprint density at radius 2 is 1.85 bits per heavy atom. The van der Waals surface area contributed by atoms with Gasteiger partial charge in [0, 0.05) is 6.54 Å². The topological polar surface area (TPSA) is 44.4 Å². The van der Waals surface area contributed by atoms with Gasteiger partial charge in [0.25, 0.3) is 5.91 Å². The molecule has 2 aromatic carbocycles. The summed E-state index contributed by atoms with van der Waals surface area (Å²) in [5.41, 5.74) is 4.33. The molecule has 27 heavy (non-hydrogen) atoms. The number of halogens is 4. The first-order valence-electron chi connectivity index (χ1n) is 8.19. The fourth-order valence-electron chi connectivity index (χ4n) is 2.63. The van der Waals surface area contributed by atoms with Crippen molar-refractivity contribution in [3.63, 3.8) is 0 Å². The van der Waals surface area contributed by atoms with Crippen molar-refractivity contribution in [3.8, 4) is 0 Å². The highest BCUT2D eigenvalue weighted by Gasteiger charge is 2.45. The second-order valence-corrected chi connectivity index (χ2v) is 6.56. The predicted octanol–water partition coefficient (Wildman–Crippen LogP) is 4.10. The number of alkyl halides is 3.